The topological polar surface area (TPSA) is 56.6 Å². The van der Waals surface area contributed by atoms with Crippen LogP contribution in [0.15, 0.2) is 48.5 Å². The van der Waals surface area contributed by atoms with Crippen LogP contribution in [0.1, 0.15) is 38.1 Å². The molecule has 1 aliphatic rings. The van der Waals surface area contributed by atoms with Gasteiger partial charge >= 0.3 is 0 Å². The highest BCUT2D eigenvalue weighted by Gasteiger charge is 2.32. The van der Waals surface area contributed by atoms with E-state index in [2.05, 4.69) is 10.6 Å². The number of rotatable bonds is 7. The summed E-state index contributed by atoms with van der Waals surface area (Å²) in [5, 5.41) is 0. The third kappa shape index (κ3) is 3.92. The zero-order valence-electron chi connectivity index (χ0n) is 17.0. The molecule has 0 radical (unpaired) electrons. The third-order valence-corrected chi connectivity index (χ3v) is 5.50. The van der Waals surface area contributed by atoms with Crippen LogP contribution in [0.4, 0.5) is 0 Å². The van der Waals surface area contributed by atoms with Gasteiger partial charge in [0, 0.05) is 13.0 Å². The molecule has 4 rings (SSSR count). The number of hydrogen-bond donors (Lipinski definition) is 0. The summed E-state index contributed by atoms with van der Waals surface area (Å²) in [6, 6.07) is 15.8. The number of imidazole rings is 1. The standard InChI is InChI=1S/C23H27N3O3/c1-3-22(27)25-14-6-9-21(25)23-24-19-7-4-5-8-20(19)26(23)15-16-29-18-12-10-17(28-2)11-13-18/h4-5,7-8,10-13,21H,3,6,9,14-16H2,1-2H3/t21-/m1/s1. The lowest BCUT2D eigenvalue weighted by Gasteiger charge is -2.25. The molecular weight excluding hydrogens is 366 g/mol. The van der Waals surface area contributed by atoms with Crippen molar-refractivity contribution in [2.75, 3.05) is 20.3 Å². The maximum absolute atomic E-state index is 12.4. The zero-order valence-corrected chi connectivity index (χ0v) is 17.0. The lowest BCUT2D eigenvalue weighted by Crippen LogP contribution is -2.31. The maximum Gasteiger partial charge on any atom is 0.222 e. The lowest BCUT2D eigenvalue weighted by molar-refractivity contribution is -0.131. The van der Waals surface area contributed by atoms with E-state index in [1.165, 1.54) is 0 Å². The number of hydrogen-bond acceptors (Lipinski definition) is 4. The van der Waals surface area contributed by atoms with Crippen molar-refractivity contribution in [1.82, 2.24) is 14.5 Å². The number of para-hydroxylation sites is 2. The number of methoxy groups -OCH3 is 1. The van der Waals surface area contributed by atoms with Crippen LogP contribution in [0.2, 0.25) is 0 Å². The van der Waals surface area contributed by atoms with E-state index in [0.29, 0.717) is 19.6 Å². The highest BCUT2D eigenvalue weighted by Crippen LogP contribution is 2.33. The molecule has 1 atom stereocenters. The van der Waals surface area contributed by atoms with E-state index in [0.717, 1.165) is 47.7 Å². The smallest absolute Gasteiger partial charge is 0.222 e. The van der Waals surface area contributed by atoms with Gasteiger partial charge in [-0.2, -0.15) is 0 Å². The van der Waals surface area contributed by atoms with Crippen LogP contribution in [0.3, 0.4) is 0 Å². The number of ether oxygens (including phenoxy) is 2. The Labute approximate surface area is 171 Å². The predicted molar refractivity (Wildman–Crippen MR) is 112 cm³/mol. The largest absolute Gasteiger partial charge is 0.497 e. The second-order valence-corrected chi connectivity index (χ2v) is 7.23. The number of amides is 1. The Balaban J connectivity index is 1.57. The molecule has 1 amide bonds. The van der Waals surface area contributed by atoms with Crippen LogP contribution in [0.25, 0.3) is 11.0 Å². The van der Waals surface area contributed by atoms with E-state index in [4.69, 9.17) is 14.5 Å². The Morgan fingerprint density at radius 2 is 1.90 bits per heavy atom. The normalized spacial score (nSPS) is 16.3. The summed E-state index contributed by atoms with van der Waals surface area (Å²) in [5.74, 6) is 2.77. The molecule has 1 saturated heterocycles. The molecule has 1 aliphatic heterocycles. The van der Waals surface area contributed by atoms with Gasteiger partial charge in [0.25, 0.3) is 0 Å². The summed E-state index contributed by atoms with van der Waals surface area (Å²) in [4.78, 5) is 19.3. The van der Waals surface area contributed by atoms with Crippen molar-refractivity contribution in [3.63, 3.8) is 0 Å². The van der Waals surface area contributed by atoms with Gasteiger partial charge in [0.15, 0.2) is 0 Å². The Bertz CT molecular complexity index is 981. The molecule has 1 aromatic heterocycles. The van der Waals surface area contributed by atoms with E-state index in [1.807, 2.05) is 54.3 Å². The molecule has 3 aromatic rings. The van der Waals surface area contributed by atoms with Crippen molar-refractivity contribution < 1.29 is 14.3 Å². The molecule has 0 saturated carbocycles. The van der Waals surface area contributed by atoms with Crippen molar-refractivity contribution in [1.29, 1.82) is 0 Å². The van der Waals surface area contributed by atoms with Gasteiger partial charge in [-0.15, -0.1) is 0 Å². The molecular formula is C23H27N3O3. The quantitative estimate of drug-likeness (QED) is 0.604. The first-order chi connectivity index (χ1) is 14.2. The van der Waals surface area contributed by atoms with Crippen LogP contribution in [-0.4, -0.2) is 40.6 Å². The molecule has 2 aromatic carbocycles. The molecule has 2 heterocycles. The van der Waals surface area contributed by atoms with Crippen molar-refractivity contribution in [3.8, 4) is 11.5 Å². The van der Waals surface area contributed by atoms with E-state index < -0.39 is 0 Å². The van der Waals surface area contributed by atoms with Gasteiger partial charge in [-0.25, -0.2) is 4.98 Å². The number of carbonyl (C=O) groups is 1. The molecule has 0 spiro atoms. The van der Waals surface area contributed by atoms with E-state index >= 15 is 0 Å². The maximum atomic E-state index is 12.4. The number of aromatic nitrogens is 2. The average molecular weight is 393 g/mol. The first kappa shape index (κ1) is 19.3. The molecule has 0 aliphatic carbocycles. The van der Waals surface area contributed by atoms with Crippen LogP contribution in [-0.2, 0) is 11.3 Å². The minimum absolute atomic E-state index is 0.0378. The van der Waals surface area contributed by atoms with Gasteiger partial charge in [0.05, 0.1) is 30.7 Å². The predicted octanol–water partition coefficient (Wildman–Crippen LogP) is 4.20. The minimum Gasteiger partial charge on any atom is -0.497 e. The fraction of sp³-hybridized carbons (Fsp3) is 0.391. The SMILES string of the molecule is CCC(=O)N1CCC[C@@H]1c1nc2ccccc2n1CCOc1ccc(OC)cc1. The molecule has 0 bridgehead atoms. The van der Waals surface area contributed by atoms with Crippen molar-refractivity contribution in [3.05, 3.63) is 54.4 Å². The zero-order chi connectivity index (χ0) is 20.2. The van der Waals surface area contributed by atoms with Gasteiger partial charge in [0.2, 0.25) is 5.91 Å². The summed E-state index contributed by atoms with van der Waals surface area (Å²) in [7, 11) is 1.65. The van der Waals surface area contributed by atoms with Crippen molar-refractivity contribution in [2.24, 2.45) is 0 Å². The highest BCUT2D eigenvalue weighted by molar-refractivity contribution is 5.78. The molecule has 29 heavy (non-hydrogen) atoms. The van der Waals surface area contributed by atoms with Gasteiger partial charge in [-0.1, -0.05) is 19.1 Å². The van der Waals surface area contributed by atoms with Gasteiger partial charge < -0.3 is 18.9 Å². The Morgan fingerprint density at radius 3 is 2.66 bits per heavy atom. The number of nitrogens with zero attached hydrogens (tertiary/aromatic N) is 3. The summed E-state index contributed by atoms with van der Waals surface area (Å²) >= 11 is 0. The second-order valence-electron chi connectivity index (χ2n) is 7.23. The fourth-order valence-electron chi connectivity index (χ4n) is 4.05. The monoisotopic (exact) mass is 393 g/mol. The molecule has 152 valence electrons. The number of carbonyl (C=O) groups excluding carboxylic acids is 1. The Hall–Kier alpha value is -3.02. The van der Waals surface area contributed by atoms with Crippen LogP contribution in [0, 0.1) is 0 Å². The van der Waals surface area contributed by atoms with Crippen molar-refractivity contribution in [2.45, 2.75) is 38.8 Å². The summed E-state index contributed by atoms with van der Waals surface area (Å²) in [6.45, 7) is 3.92. The molecule has 0 unspecified atom stereocenters. The summed E-state index contributed by atoms with van der Waals surface area (Å²) in [5.41, 5.74) is 2.04. The van der Waals surface area contributed by atoms with Crippen LogP contribution < -0.4 is 9.47 Å². The summed E-state index contributed by atoms with van der Waals surface area (Å²) in [6.07, 6.45) is 2.49. The third-order valence-electron chi connectivity index (χ3n) is 5.50. The molecule has 1 fully saturated rings. The average Bonchev–Trinajstić information content (AvgIpc) is 3.38. The van der Waals surface area contributed by atoms with Crippen LogP contribution in [0.5, 0.6) is 11.5 Å². The highest BCUT2D eigenvalue weighted by atomic mass is 16.5. The first-order valence-electron chi connectivity index (χ1n) is 10.2. The number of likely N-dealkylation sites (tertiary alicyclic amines) is 1. The van der Waals surface area contributed by atoms with Crippen molar-refractivity contribution >= 4 is 16.9 Å². The Morgan fingerprint density at radius 1 is 1.14 bits per heavy atom. The number of fused-ring (bicyclic) bond motifs is 1. The van der Waals surface area contributed by atoms with Gasteiger partial charge in [0.1, 0.15) is 23.9 Å². The lowest BCUT2D eigenvalue weighted by atomic mass is 10.2. The summed E-state index contributed by atoms with van der Waals surface area (Å²) < 4.78 is 13.4. The van der Waals surface area contributed by atoms with Gasteiger partial charge in [-0.3, -0.25) is 4.79 Å². The van der Waals surface area contributed by atoms with E-state index in [9.17, 15) is 4.79 Å². The van der Waals surface area contributed by atoms with Crippen LogP contribution >= 0.6 is 0 Å². The molecule has 6 nitrogen and oxygen atoms in total. The van der Waals surface area contributed by atoms with Gasteiger partial charge in [-0.05, 0) is 49.2 Å². The fourth-order valence-corrected chi connectivity index (χ4v) is 4.05. The van der Waals surface area contributed by atoms with E-state index in [-0.39, 0.29) is 11.9 Å². The van der Waals surface area contributed by atoms with E-state index in [1.54, 1.807) is 7.11 Å². The second kappa shape index (κ2) is 8.55. The number of benzene rings is 2. The Kier molecular flexibility index (Phi) is 5.69. The minimum atomic E-state index is 0.0378. The first-order valence-corrected chi connectivity index (χ1v) is 10.2. The molecule has 0 N–H and O–H groups in total. The molecule has 6 heteroatoms.